The van der Waals surface area contributed by atoms with Gasteiger partial charge in [-0.25, -0.2) is 0 Å². The Hall–Kier alpha value is -0.860. The fraction of sp³-hybridized carbons (Fsp3) is 0.625. The third-order valence-corrected chi connectivity index (χ3v) is 3.68. The molecule has 1 unspecified atom stereocenters. The third-order valence-electron chi connectivity index (χ3n) is 3.68. The second-order valence-electron chi connectivity index (χ2n) is 5.84. The van der Waals surface area contributed by atoms with E-state index in [1.165, 1.54) is 38.0 Å². The number of rotatable bonds is 6. The lowest BCUT2D eigenvalue weighted by molar-refractivity contribution is 0.319. The second kappa shape index (κ2) is 6.91. The quantitative estimate of drug-likeness (QED) is 0.830. The molecule has 2 heteroatoms. The van der Waals surface area contributed by atoms with Crippen molar-refractivity contribution in [1.82, 2.24) is 10.2 Å². The maximum atomic E-state index is 3.69. The summed E-state index contributed by atoms with van der Waals surface area (Å²) in [4.78, 5) is 2.56. The molecule has 1 heterocycles. The predicted molar refractivity (Wildman–Crippen MR) is 77.6 cm³/mol. The molecule has 1 fully saturated rings. The van der Waals surface area contributed by atoms with E-state index in [1.807, 2.05) is 0 Å². The smallest absolute Gasteiger partial charge is 0.0234 e. The van der Waals surface area contributed by atoms with Gasteiger partial charge in [-0.05, 0) is 30.9 Å². The van der Waals surface area contributed by atoms with Crippen LogP contribution in [0.4, 0.5) is 0 Å². The lowest BCUT2D eigenvalue weighted by Crippen LogP contribution is -2.33. The molecule has 1 atom stereocenters. The minimum atomic E-state index is 0.701. The van der Waals surface area contributed by atoms with Crippen molar-refractivity contribution in [2.75, 3.05) is 19.6 Å². The van der Waals surface area contributed by atoms with Crippen LogP contribution in [0.3, 0.4) is 0 Å². The Labute approximate surface area is 111 Å². The first kappa shape index (κ1) is 13.6. The van der Waals surface area contributed by atoms with Crippen molar-refractivity contribution in [3.05, 3.63) is 35.9 Å². The highest BCUT2D eigenvalue weighted by molar-refractivity contribution is 5.14. The lowest BCUT2D eigenvalue weighted by atomic mass is 10.1. The van der Waals surface area contributed by atoms with Crippen molar-refractivity contribution in [3.8, 4) is 0 Å². The maximum absolute atomic E-state index is 3.69. The Balaban J connectivity index is 1.69. The van der Waals surface area contributed by atoms with Gasteiger partial charge < -0.3 is 5.32 Å². The van der Waals surface area contributed by atoms with Gasteiger partial charge in [0.15, 0.2) is 0 Å². The van der Waals surface area contributed by atoms with Crippen LogP contribution < -0.4 is 5.32 Å². The van der Waals surface area contributed by atoms with Gasteiger partial charge in [-0.15, -0.1) is 0 Å². The predicted octanol–water partition coefficient (Wildman–Crippen LogP) is 2.90. The molecule has 1 saturated heterocycles. The van der Waals surface area contributed by atoms with Crippen LogP contribution in [0.25, 0.3) is 0 Å². The van der Waals surface area contributed by atoms with Crippen molar-refractivity contribution < 1.29 is 0 Å². The lowest BCUT2D eigenvalue weighted by Gasteiger charge is -2.17. The minimum Gasteiger partial charge on any atom is -0.313 e. The maximum Gasteiger partial charge on any atom is 0.0234 e. The van der Waals surface area contributed by atoms with E-state index in [9.17, 15) is 0 Å². The molecule has 0 spiro atoms. The van der Waals surface area contributed by atoms with E-state index >= 15 is 0 Å². The average molecular weight is 246 g/mol. The zero-order valence-corrected chi connectivity index (χ0v) is 11.7. The number of likely N-dealkylation sites (tertiary alicyclic amines) is 1. The summed E-state index contributed by atoms with van der Waals surface area (Å²) in [6, 6.07) is 11.5. The van der Waals surface area contributed by atoms with Crippen molar-refractivity contribution in [1.29, 1.82) is 0 Å². The van der Waals surface area contributed by atoms with Crippen LogP contribution in [0.1, 0.15) is 32.3 Å². The molecule has 0 radical (unpaired) electrons. The molecule has 0 bridgehead atoms. The van der Waals surface area contributed by atoms with Gasteiger partial charge in [0.25, 0.3) is 0 Å². The fourth-order valence-electron chi connectivity index (χ4n) is 2.56. The molecule has 100 valence electrons. The van der Waals surface area contributed by atoms with Gasteiger partial charge in [-0.2, -0.15) is 0 Å². The molecule has 0 aromatic heterocycles. The van der Waals surface area contributed by atoms with E-state index in [2.05, 4.69) is 54.4 Å². The summed E-state index contributed by atoms with van der Waals surface area (Å²) in [7, 11) is 0. The fourth-order valence-corrected chi connectivity index (χ4v) is 2.56. The van der Waals surface area contributed by atoms with Crippen LogP contribution in [-0.2, 0) is 6.54 Å². The summed E-state index contributed by atoms with van der Waals surface area (Å²) in [5, 5.41) is 3.69. The summed E-state index contributed by atoms with van der Waals surface area (Å²) in [5.41, 5.74) is 1.43. The van der Waals surface area contributed by atoms with E-state index in [4.69, 9.17) is 0 Å². The first-order chi connectivity index (χ1) is 8.74. The molecule has 2 nitrogen and oxygen atoms in total. The van der Waals surface area contributed by atoms with Crippen molar-refractivity contribution in [2.45, 2.75) is 39.3 Å². The summed E-state index contributed by atoms with van der Waals surface area (Å²) in [6.45, 7) is 9.28. The van der Waals surface area contributed by atoms with E-state index in [0.717, 1.165) is 12.5 Å². The van der Waals surface area contributed by atoms with Crippen LogP contribution in [0, 0.1) is 5.92 Å². The van der Waals surface area contributed by atoms with Gasteiger partial charge in [-0.1, -0.05) is 44.2 Å². The Bertz CT molecular complexity index is 334. The normalized spacial score (nSPS) is 20.7. The molecular formula is C16H26N2. The SMILES string of the molecule is CC(C)CCNC1CCN(Cc2ccccc2)C1. The number of hydrogen-bond acceptors (Lipinski definition) is 2. The van der Waals surface area contributed by atoms with Crippen LogP contribution in [0.5, 0.6) is 0 Å². The van der Waals surface area contributed by atoms with Gasteiger partial charge in [0.2, 0.25) is 0 Å². The summed E-state index contributed by atoms with van der Waals surface area (Å²) in [5.74, 6) is 0.805. The highest BCUT2D eigenvalue weighted by Crippen LogP contribution is 2.13. The van der Waals surface area contributed by atoms with Gasteiger partial charge in [0, 0.05) is 25.7 Å². The molecular weight excluding hydrogens is 220 g/mol. The van der Waals surface area contributed by atoms with Gasteiger partial charge in [-0.3, -0.25) is 4.90 Å². The molecule has 2 rings (SSSR count). The second-order valence-corrected chi connectivity index (χ2v) is 5.84. The Morgan fingerprint density at radius 3 is 2.78 bits per heavy atom. The zero-order chi connectivity index (χ0) is 12.8. The highest BCUT2D eigenvalue weighted by Gasteiger charge is 2.21. The molecule has 1 aliphatic rings. The summed E-state index contributed by atoms with van der Waals surface area (Å²) < 4.78 is 0. The van der Waals surface area contributed by atoms with Crippen LogP contribution >= 0.6 is 0 Å². The number of hydrogen-bond donors (Lipinski definition) is 1. The van der Waals surface area contributed by atoms with E-state index in [1.54, 1.807) is 0 Å². The van der Waals surface area contributed by atoms with Crippen molar-refractivity contribution in [3.63, 3.8) is 0 Å². The molecule has 1 N–H and O–H groups in total. The first-order valence-electron chi connectivity index (χ1n) is 7.23. The first-order valence-corrected chi connectivity index (χ1v) is 7.23. The van der Waals surface area contributed by atoms with E-state index in [-0.39, 0.29) is 0 Å². The molecule has 0 aliphatic carbocycles. The average Bonchev–Trinajstić information content (AvgIpc) is 2.78. The number of nitrogens with zero attached hydrogens (tertiary/aromatic N) is 1. The van der Waals surface area contributed by atoms with E-state index < -0.39 is 0 Å². The van der Waals surface area contributed by atoms with Gasteiger partial charge >= 0.3 is 0 Å². The largest absolute Gasteiger partial charge is 0.313 e. The monoisotopic (exact) mass is 246 g/mol. The Morgan fingerprint density at radius 1 is 1.28 bits per heavy atom. The highest BCUT2D eigenvalue weighted by atomic mass is 15.2. The molecule has 1 aliphatic heterocycles. The van der Waals surface area contributed by atoms with Crippen molar-refractivity contribution in [2.24, 2.45) is 5.92 Å². The third kappa shape index (κ3) is 4.43. The van der Waals surface area contributed by atoms with Crippen molar-refractivity contribution >= 4 is 0 Å². The van der Waals surface area contributed by atoms with Crippen LogP contribution in [0.2, 0.25) is 0 Å². The standard InChI is InChI=1S/C16H26N2/c1-14(2)8-10-17-16-9-11-18(13-16)12-15-6-4-3-5-7-15/h3-7,14,16-17H,8-13H2,1-2H3. The topological polar surface area (TPSA) is 15.3 Å². The number of nitrogens with one attached hydrogen (secondary N) is 1. The molecule has 0 saturated carbocycles. The van der Waals surface area contributed by atoms with Crippen LogP contribution in [-0.4, -0.2) is 30.6 Å². The Morgan fingerprint density at radius 2 is 2.06 bits per heavy atom. The van der Waals surface area contributed by atoms with E-state index in [0.29, 0.717) is 6.04 Å². The molecule has 1 aromatic rings. The summed E-state index contributed by atoms with van der Waals surface area (Å²) in [6.07, 6.45) is 2.58. The zero-order valence-electron chi connectivity index (χ0n) is 11.7. The molecule has 0 amide bonds. The van der Waals surface area contributed by atoms with Gasteiger partial charge in [0.05, 0.1) is 0 Å². The molecule has 1 aromatic carbocycles. The Kier molecular flexibility index (Phi) is 5.21. The van der Waals surface area contributed by atoms with Gasteiger partial charge in [0.1, 0.15) is 0 Å². The minimum absolute atomic E-state index is 0.701. The number of benzene rings is 1. The molecule has 18 heavy (non-hydrogen) atoms. The summed E-state index contributed by atoms with van der Waals surface area (Å²) >= 11 is 0. The van der Waals surface area contributed by atoms with Crippen LogP contribution in [0.15, 0.2) is 30.3 Å².